The summed E-state index contributed by atoms with van der Waals surface area (Å²) in [7, 11) is 0. The van der Waals surface area contributed by atoms with E-state index in [0.29, 0.717) is 22.1 Å². The van der Waals surface area contributed by atoms with Crippen molar-refractivity contribution in [1.29, 1.82) is 0 Å². The van der Waals surface area contributed by atoms with Crippen molar-refractivity contribution in [1.82, 2.24) is 4.90 Å². The van der Waals surface area contributed by atoms with E-state index in [1.807, 2.05) is 32.0 Å². The molecular formula is C18H21N3O4S. The number of anilines is 2. The molecule has 2 aromatic rings. The molecule has 0 saturated heterocycles. The third-order valence-electron chi connectivity index (χ3n) is 3.28. The number of thiophene rings is 1. The number of hydrogen-bond donors (Lipinski definition) is 3. The zero-order valence-corrected chi connectivity index (χ0v) is 15.4. The molecule has 2 rings (SSSR count). The van der Waals surface area contributed by atoms with Gasteiger partial charge in [-0.2, -0.15) is 0 Å². The van der Waals surface area contributed by atoms with E-state index in [4.69, 9.17) is 5.11 Å². The summed E-state index contributed by atoms with van der Waals surface area (Å²) in [5.74, 6) is -1.27. The van der Waals surface area contributed by atoms with E-state index < -0.39 is 12.0 Å². The van der Waals surface area contributed by atoms with Crippen molar-refractivity contribution in [3.8, 4) is 0 Å². The SMILES string of the molecule is CC(C)CN(CC(=O)O)C(=O)c1ccc(NC(=O)Nc2ccccc2)s1. The Kier molecular flexibility index (Phi) is 6.74. The molecule has 0 spiro atoms. The Morgan fingerprint density at radius 1 is 1.08 bits per heavy atom. The first-order valence-corrected chi connectivity index (χ1v) is 8.90. The molecule has 8 heteroatoms. The molecule has 0 bridgehead atoms. The number of benzene rings is 1. The molecule has 7 nitrogen and oxygen atoms in total. The lowest BCUT2D eigenvalue weighted by molar-refractivity contribution is -0.137. The number of amides is 3. The van der Waals surface area contributed by atoms with E-state index in [9.17, 15) is 14.4 Å². The number of carboxylic acid groups (broad SMARTS) is 1. The van der Waals surface area contributed by atoms with E-state index in [2.05, 4.69) is 10.6 Å². The highest BCUT2D eigenvalue weighted by Gasteiger charge is 2.21. The van der Waals surface area contributed by atoms with Gasteiger partial charge in [0.05, 0.1) is 9.88 Å². The fourth-order valence-electron chi connectivity index (χ4n) is 2.29. The molecule has 138 valence electrons. The lowest BCUT2D eigenvalue weighted by Crippen LogP contribution is -2.37. The minimum atomic E-state index is -1.06. The van der Waals surface area contributed by atoms with E-state index in [-0.39, 0.29) is 18.4 Å². The molecule has 0 aliphatic heterocycles. The van der Waals surface area contributed by atoms with Crippen molar-refractivity contribution in [3.05, 3.63) is 47.3 Å². The fourth-order valence-corrected chi connectivity index (χ4v) is 3.16. The van der Waals surface area contributed by atoms with Crippen molar-refractivity contribution in [2.24, 2.45) is 5.92 Å². The van der Waals surface area contributed by atoms with Gasteiger partial charge < -0.3 is 15.3 Å². The van der Waals surface area contributed by atoms with Gasteiger partial charge in [0.1, 0.15) is 6.54 Å². The smallest absolute Gasteiger partial charge is 0.324 e. The van der Waals surface area contributed by atoms with Crippen LogP contribution < -0.4 is 10.6 Å². The minimum absolute atomic E-state index is 0.146. The number of nitrogens with zero attached hydrogens (tertiary/aromatic N) is 1. The summed E-state index contributed by atoms with van der Waals surface area (Å²) in [5.41, 5.74) is 0.655. The van der Waals surface area contributed by atoms with Crippen LogP contribution in [-0.4, -0.2) is 41.0 Å². The van der Waals surface area contributed by atoms with Crippen LogP contribution in [-0.2, 0) is 4.79 Å². The van der Waals surface area contributed by atoms with Crippen molar-refractivity contribution in [2.75, 3.05) is 23.7 Å². The average Bonchev–Trinajstić information content (AvgIpc) is 3.01. The highest BCUT2D eigenvalue weighted by molar-refractivity contribution is 7.18. The van der Waals surface area contributed by atoms with Gasteiger partial charge in [0.25, 0.3) is 5.91 Å². The van der Waals surface area contributed by atoms with Gasteiger partial charge in [0.2, 0.25) is 0 Å². The standard InChI is InChI=1S/C18H21N3O4S/c1-12(2)10-21(11-16(22)23)17(24)14-8-9-15(26-14)20-18(25)19-13-6-4-3-5-7-13/h3-9,12H,10-11H2,1-2H3,(H,22,23)(H2,19,20,25). The molecule has 1 heterocycles. The van der Waals surface area contributed by atoms with Crippen LogP contribution in [0.25, 0.3) is 0 Å². The van der Waals surface area contributed by atoms with Crippen LogP contribution >= 0.6 is 11.3 Å². The molecule has 0 radical (unpaired) electrons. The van der Waals surface area contributed by atoms with E-state index in [0.717, 1.165) is 11.3 Å². The van der Waals surface area contributed by atoms with Crippen LogP contribution in [0, 0.1) is 5.92 Å². The lowest BCUT2D eigenvalue weighted by atomic mass is 10.2. The molecular weight excluding hydrogens is 354 g/mol. The van der Waals surface area contributed by atoms with Crippen LogP contribution in [0.5, 0.6) is 0 Å². The number of rotatable bonds is 7. The number of carbonyl (C=O) groups excluding carboxylic acids is 2. The summed E-state index contributed by atoms with van der Waals surface area (Å²) in [6, 6.07) is 11.8. The number of carbonyl (C=O) groups is 3. The van der Waals surface area contributed by atoms with E-state index in [1.54, 1.807) is 24.3 Å². The lowest BCUT2D eigenvalue weighted by Gasteiger charge is -2.21. The first-order valence-electron chi connectivity index (χ1n) is 8.09. The molecule has 1 aromatic carbocycles. The van der Waals surface area contributed by atoms with Crippen LogP contribution in [0.1, 0.15) is 23.5 Å². The Morgan fingerprint density at radius 2 is 1.77 bits per heavy atom. The second-order valence-corrected chi connectivity index (χ2v) is 7.17. The zero-order valence-electron chi connectivity index (χ0n) is 14.6. The van der Waals surface area contributed by atoms with Gasteiger partial charge in [0.15, 0.2) is 0 Å². The maximum atomic E-state index is 12.6. The number of nitrogens with one attached hydrogen (secondary N) is 2. The molecule has 3 amide bonds. The number of hydrogen-bond acceptors (Lipinski definition) is 4. The van der Waals surface area contributed by atoms with Gasteiger partial charge in [-0.05, 0) is 30.2 Å². The summed E-state index contributed by atoms with van der Waals surface area (Å²) in [5, 5.41) is 14.9. The Bertz CT molecular complexity index is 774. The Labute approximate surface area is 155 Å². The minimum Gasteiger partial charge on any atom is -0.480 e. The predicted octanol–water partition coefficient (Wildman–Crippen LogP) is 3.57. The fraction of sp³-hybridized carbons (Fsp3) is 0.278. The van der Waals surface area contributed by atoms with Gasteiger partial charge in [-0.3, -0.25) is 14.9 Å². The third kappa shape index (κ3) is 5.89. The van der Waals surface area contributed by atoms with Gasteiger partial charge in [-0.1, -0.05) is 32.0 Å². The normalized spacial score (nSPS) is 10.4. The molecule has 0 aliphatic rings. The second-order valence-electron chi connectivity index (χ2n) is 6.08. The molecule has 0 fully saturated rings. The quantitative estimate of drug-likeness (QED) is 0.689. The molecule has 3 N–H and O–H groups in total. The van der Waals surface area contributed by atoms with Crippen molar-refractivity contribution in [3.63, 3.8) is 0 Å². The summed E-state index contributed by atoms with van der Waals surface area (Å²) in [6.07, 6.45) is 0. The van der Waals surface area contributed by atoms with Crippen LogP contribution in [0.15, 0.2) is 42.5 Å². The first kappa shape index (κ1) is 19.5. The second kappa shape index (κ2) is 9.00. The molecule has 26 heavy (non-hydrogen) atoms. The zero-order chi connectivity index (χ0) is 19.1. The van der Waals surface area contributed by atoms with Crippen LogP contribution in [0.4, 0.5) is 15.5 Å². The van der Waals surface area contributed by atoms with E-state index in [1.165, 1.54) is 4.90 Å². The van der Waals surface area contributed by atoms with Gasteiger partial charge in [-0.15, -0.1) is 11.3 Å². The van der Waals surface area contributed by atoms with Crippen molar-refractivity contribution < 1.29 is 19.5 Å². The highest BCUT2D eigenvalue weighted by Crippen LogP contribution is 2.24. The highest BCUT2D eigenvalue weighted by atomic mass is 32.1. The van der Waals surface area contributed by atoms with Crippen molar-refractivity contribution >= 4 is 39.9 Å². The average molecular weight is 375 g/mol. The molecule has 0 saturated carbocycles. The molecule has 0 atom stereocenters. The number of carboxylic acids is 1. The Balaban J connectivity index is 2.01. The monoisotopic (exact) mass is 375 g/mol. The third-order valence-corrected chi connectivity index (χ3v) is 4.27. The largest absolute Gasteiger partial charge is 0.480 e. The number of para-hydroxylation sites is 1. The maximum Gasteiger partial charge on any atom is 0.324 e. The molecule has 0 unspecified atom stereocenters. The van der Waals surface area contributed by atoms with E-state index >= 15 is 0 Å². The Morgan fingerprint density at radius 3 is 2.38 bits per heavy atom. The van der Waals surface area contributed by atoms with Crippen LogP contribution in [0.3, 0.4) is 0 Å². The summed E-state index contributed by atoms with van der Waals surface area (Å²) in [6.45, 7) is 3.82. The first-order chi connectivity index (χ1) is 12.3. The van der Waals surface area contributed by atoms with Crippen LogP contribution in [0.2, 0.25) is 0 Å². The number of aliphatic carboxylic acids is 1. The van der Waals surface area contributed by atoms with Gasteiger partial charge in [-0.25, -0.2) is 4.79 Å². The Hall–Kier alpha value is -2.87. The van der Waals surface area contributed by atoms with Gasteiger partial charge >= 0.3 is 12.0 Å². The predicted molar refractivity (Wildman–Crippen MR) is 102 cm³/mol. The molecule has 1 aromatic heterocycles. The van der Waals surface area contributed by atoms with Crippen molar-refractivity contribution in [2.45, 2.75) is 13.8 Å². The molecule has 0 aliphatic carbocycles. The van der Waals surface area contributed by atoms with Gasteiger partial charge in [0, 0.05) is 12.2 Å². The summed E-state index contributed by atoms with van der Waals surface area (Å²) >= 11 is 1.11. The maximum absolute atomic E-state index is 12.6. The topological polar surface area (TPSA) is 98.7 Å². The summed E-state index contributed by atoms with van der Waals surface area (Å²) in [4.78, 5) is 37.2. The number of urea groups is 1. The summed E-state index contributed by atoms with van der Waals surface area (Å²) < 4.78 is 0.